The average molecular weight is 252 g/mol. The van der Waals surface area contributed by atoms with E-state index < -0.39 is 0 Å². The molecule has 1 heterocycles. The molecule has 2 aliphatic rings. The van der Waals surface area contributed by atoms with Gasteiger partial charge in [0.05, 0.1) is 24.7 Å². The van der Waals surface area contributed by atoms with Gasteiger partial charge in [-0.1, -0.05) is 18.2 Å². The van der Waals surface area contributed by atoms with Gasteiger partial charge in [-0.3, -0.25) is 10.1 Å². The lowest BCUT2D eigenvalue weighted by Gasteiger charge is -2.13. The van der Waals surface area contributed by atoms with Crippen molar-refractivity contribution in [3.05, 3.63) is 45.8 Å². The fraction of sp³-hybridized carbons (Fsp3) is 0.500. The first-order chi connectivity index (χ1) is 8.77. The second kappa shape index (κ2) is 6.32. The first-order valence-electron chi connectivity index (χ1n) is 5.96. The maximum Gasteiger partial charge on any atom is 0.291 e. The molecule has 1 fully saturated rings. The third kappa shape index (κ3) is 3.41. The number of nitrogens with one attached hydrogen (secondary N) is 1. The van der Waals surface area contributed by atoms with Crippen LogP contribution in [0.25, 0.3) is 0 Å². The summed E-state index contributed by atoms with van der Waals surface area (Å²) in [5, 5.41) is 14.0. The molecule has 1 saturated heterocycles. The minimum absolute atomic E-state index is 0.0731. The molecular formula is C12H16N2O4. The van der Waals surface area contributed by atoms with Crippen molar-refractivity contribution in [3.63, 3.8) is 0 Å². The van der Waals surface area contributed by atoms with Crippen molar-refractivity contribution >= 4 is 0 Å². The van der Waals surface area contributed by atoms with Crippen LogP contribution >= 0.6 is 0 Å². The van der Waals surface area contributed by atoms with Crippen LogP contribution in [0.4, 0.5) is 0 Å². The topological polar surface area (TPSA) is 73.6 Å². The van der Waals surface area contributed by atoms with Crippen molar-refractivity contribution in [2.24, 2.45) is 0 Å². The molecule has 0 unspecified atom stereocenters. The van der Waals surface area contributed by atoms with Crippen LogP contribution in [-0.4, -0.2) is 31.0 Å². The molecule has 2 rings (SSSR count). The molecule has 0 aromatic carbocycles. The monoisotopic (exact) mass is 252 g/mol. The number of hydrogen-bond donors (Lipinski definition) is 1. The largest absolute Gasteiger partial charge is 0.375 e. The van der Waals surface area contributed by atoms with Gasteiger partial charge >= 0.3 is 0 Å². The van der Waals surface area contributed by atoms with Crippen LogP contribution in [0.5, 0.6) is 0 Å². The summed E-state index contributed by atoms with van der Waals surface area (Å²) in [6, 6.07) is 0. The van der Waals surface area contributed by atoms with Crippen LogP contribution in [0.15, 0.2) is 35.7 Å². The van der Waals surface area contributed by atoms with Crippen molar-refractivity contribution in [3.8, 4) is 0 Å². The fourth-order valence-corrected chi connectivity index (χ4v) is 1.81. The molecule has 0 spiro atoms. The van der Waals surface area contributed by atoms with E-state index in [-0.39, 0.29) is 16.9 Å². The highest BCUT2D eigenvalue weighted by atomic mass is 16.7. The summed E-state index contributed by atoms with van der Waals surface area (Å²) in [7, 11) is 0. The van der Waals surface area contributed by atoms with Gasteiger partial charge in [0.2, 0.25) is 0 Å². The quantitative estimate of drug-likeness (QED) is 0.603. The third-order valence-electron chi connectivity index (χ3n) is 2.69. The normalized spacial score (nSPS) is 28.4. The number of nitrogens with zero attached hydrogens (tertiary/aromatic N) is 1. The summed E-state index contributed by atoms with van der Waals surface area (Å²) in [5.74, 6) is 0. The number of rotatable bonds is 4. The second-order valence-corrected chi connectivity index (χ2v) is 3.98. The van der Waals surface area contributed by atoms with Crippen molar-refractivity contribution in [1.82, 2.24) is 5.32 Å². The van der Waals surface area contributed by atoms with E-state index in [2.05, 4.69) is 5.32 Å². The Kier molecular flexibility index (Phi) is 4.49. The highest BCUT2D eigenvalue weighted by Crippen LogP contribution is 2.14. The minimum atomic E-state index is -0.384. The Bertz CT molecular complexity index is 395. The van der Waals surface area contributed by atoms with Crippen LogP contribution in [0, 0.1) is 10.1 Å². The maximum absolute atomic E-state index is 11.0. The Morgan fingerprint density at radius 2 is 2.17 bits per heavy atom. The van der Waals surface area contributed by atoms with E-state index in [4.69, 9.17) is 9.47 Å². The van der Waals surface area contributed by atoms with Crippen LogP contribution in [0.1, 0.15) is 12.8 Å². The Morgan fingerprint density at radius 1 is 1.39 bits per heavy atom. The molecule has 0 aromatic rings. The van der Waals surface area contributed by atoms with Crippen molar-refractivity contribution < 1.29 is 14.4 Å². The molecule has 1 aliphatic heterocycles. The van der Waals surface area contributed by atoms with Gasteiger partial charge in [0.25, 0.3) is 5.70 Å². The van der Waals surface area contributed by atoms with E-state index in [1.54, 1.807) is 6.08 Å². The lowest BCUT2D eigenvalue weighted by Crippen LogP contribution is -2.29. The molecule has 6 heteroatoms. The summed E-state index contributed by atoms with van der Waals surface area (Å²) >= 11 is 0. The highest BCUT2D eigenvalue weighted by molar-refractivity contribution is 5.28. The first-order valence-corrected chi connectivity index (χ1v) is 5.96. The summed E-state index contributed by atoms with van der Waals surface area (Å²) in [4.78, 5) is 10.6. The van der Waals surface area contributed by atoms with Gasteiger partial charge in [-0.25, -0.2) is 0 Å². The molecule has 1 aliphatic carbocycles. The zero-order valence-corrected chi connectivity index (χ0v) is 10.0. The third-order valence-corrected chi connectivity index (χ3v) is 2.69. The zero-order chi connectivity index (χ0) is 12.8. The number of nitro groups is 1. The number of hydrogen-bond acceptors (Lipinski definition) is 5. The van der Waals surface area contributed by atoms with E-state index in [1.807, 2.05) is 12.2 Å². The molecule has 18 heavy (non-hydrogen) atoms. The molecule has 0 saturated carbocycles. The fourth-order valence-electron chi connectivity index (χ4n) is 1.81. The van der Waals surface area contributed by atoms with Crippen molar-refractivity contribution in [2.75, 3.05) is 19.8 Å². The van der Waals surface area contributed by atoms with Crippen LogP contribution in [0.2, 0.25) is 0 Å². The first kappa shape index (κ1) is 12.8. The summed E-state index contributed by atoms with van der Waals surface area (Å²) in [6.45, 7) is 1.57. The molecule has 1 N–H and O–H groups in total. The standard InChI is InChI=1S/C12H16N2O4/c15-14(16)11-6-4-2-1-3-5-10(11)13-9-12-17-7-8-18-12/h2,4-6,12-13H,1,3,7-9H2/b4-2-,10-5-,11-6+. The van der Waals surface area contributed by atoms with E-state index in [9.17, 15) is 10.1 Å². The Labute approximate surface area is 105 Å². The van der Waals surface area contributed by atoms with Gasteiger partial charge in [-0.05, 0) is 12.8 Å². The summed E-state index contributed by atoms with van der Waals surface area (Å²) in [6.07, 6.45) is 8.32. The van der Waals surface area contributed by atoms with Gasteiger partial charge in [0, 0.05) is 6.08 Å². The van der Waals surface area contributed by atoms with E-state index >= 15 is 0 Å². The lowest BCUT2D eigenvalue weighted by atomic mass is 10.1. The molecule has 0 radical (unpaired) electrons. The number of allylic oxidation sites excluding steroid dienone is 4. The van der Waals surface area contributed by atoms with E-state index in [0.29, 0.717) is 25.5 Å². The van der Waals surface area contributed by atoms with Gasteiger partial charge in [0.1, 0.15) is 5.70 Å². The van der Waals surface area contributed by atoms with Crippen LogP contribution < -0.4 is 5.32 Å². The minimum Gasteiger partial charge on any atom is -0.375 e. The predicted molar refractivity (Wildman–Crippen MR) is 65.2 cm³/mol. The molecule has 0 aromatic heterocycles. The smallest absolute Gasteiger partial charge is 0.291 e. The zero-order valence-electron chi connectivity index (χ0n) is 10.0. The summed E-state index contributed by atoms with van der Waals surface area (Å²) in [5.41, 5.74) is 0.604. The molecule has 98 valence electrons. The van der Waals surface area contributed by atoms with Gasteiger partial charge in [0.15, 0.2) is 6.29 Å². The van der Waals surface area contributed by atoms with E-state index in [1.165, 1.54) is 6.08 Å². The van der Waals surface area contributed by atoms with Gasteiger partial charge < -0.3 is 14.8 Å². The maximum atomic E-state index is 11.0. The van der Waals surface area contributed by atoms with Gasteiger partial charge in [-0.15, -0.1) is 0 Å². The molecule has 6 nitrogen and oxygen atoms in total. The Hall–Kier alpha value is -1.66. The number of ether oxygens (including phenoxy) is 2. The Balaban J connectivity index is 2.01. The molecule has 0 amide bonds. The van der Waals surface area contributed by atoms with Crippen LogP contribution in [0.3, 0.4) is 0 Å². The molecule has 0 bridgehead atoms. The average Bonchev–Trinajstić information content (AvgIpc) is 2.80. The van der Waals surface area contributed by atoms with Crippen LogP contribution in [-0.2, 0) is 9.47 Å². The lowest BCUT2D eigenvalue weighted by molar-refractivity contribution is -0.421. The molecular weight excluding hydrogens is 236 g/mol. The SMILES string of the molecule is O=[N+]([O-])C1=C/C=C\CC\C=C\1NCC1OCCO1. The van der Waals surface area contributed by atoms with Crippen molar-refractivity contribution in [2.45, 2.75) is 19.1 Å². The predicted octanol–water partition coefficient (Wildman–Crippen LogP) is 1.34. The summed E-state index contributed by atoms with van der Waals surface area (Å²) < 4.78 is 10.6. The second-order valence-electron chi connectivity index (χ2n) is 3.98. The van der Waals surface area contributed by atoms with E-state index in [0.717, 1.165) is 12.8 Å². The van der Waals surface area contributed by atoms with Crippen molar-refractivity contribution in [1.29, 1.82) is 0 Å². The Morgan fingerprint density at radius 3 is 2.89 bits per heavy atom. The van der Waals surface area contributed by atoms with Gasteiger partial charge in [-0.2, -0.15) is 0 Å². The highest BCUT2D eigenvalue weighted by Gasteiger charge is 2.20. The molecule has 0 atom stereocenters.